The molecule has 0 saturated carbocycles. The minimum absolute atomic E-state index is 0.00175. The number of carbonyl (C=O) groups is 1. The monoisotopic (exact) mass is 546 g/mol. The second-order valence-corrected chi connectivity index (χ2v) is 9.28. The number of hydrogen-bond donors (Lipinski definition) is 1. The van der Waals surface area contributed by atoms with Gasteiger partial charge in [-0.1, -0.05) is 6.07 Å². The van der Waals surface area contributed by atoms with E-state index in [1.165, 1.54) is 31.4 Å². The summed E-state index contributed by atoms with van der Waals surface area (Å²) >= 11 is 1.14. The van der Waals surface area contributed by atoms with Gasteiger partial charge in [0.05, 0.1) is 29.2 Å². The van der Waals surface area contributed by atoms with Crippen molar-refractivity contribution in [3.05, 3.63) is 58.0 Å². The Balaban J connectivity index is 1.57. The number of β-amino-alcohol motifs (C(OH)–C–C–N with tert-alkyl or cyclic N) is 1. The highest BCUT2D eigenvalue weighted by molar-refractivity contribution is 8.18. The third-order valence-corrected chi connectivity index (χ3v) is 6.64. The van der Waals surface area contributed by atoms with Crippen molar-refractivity contribution in [1.82, 2.24) is 4.90 Å². The van der Waals surface area contributed by atoms with Gasteiger partial charge in [0, 0.05) is 13.1 Å². The standard InChI is InChI=1S/C24H20F6N2O4S/c1-35-19-9-13(10-20-21(34)31-22(37-20)32-8-2-3-15(33)12-32)4-6-18(19)36-17-7-5-14(23(25,26)27)11-16(17)24(28,29)30/h4-7,9-11,15,33H,2-3,8,12H2,1H3/b20-10-. The van der Waals surface area contributed by atoms with Crippen LogP contribution >= 0.6 is 11.8 Å². The minimum Gasteiger partial charge on any atom is -0.493 e. The number of amidine groups is 1. The molecular weight excluding hydrogens is 526 g/mol. The van der Waals surface area contributed by atoms with Crippen molar-refractivity contribution in [2.45, 2.75) is 31.3 Å². The molecule has 0 radical (unpaired) electrons. The molecule has 4 rings (SSSR count). The summed E-state index contributed by atoms with van der Waals surface area (Å²) in [6.45, 7) is 1.03. The number of amides is 1. The summed E-state index contributed by atoms with van der Waals surface area (Å²) in [6, 6.07) is 5.25. The maximum atomic E-state index is 13.5. The second kappa shape index (κ2) is 10.3. The van der Waals surface area contributed by atoms with Crippen LogP contribution in [0, 0.1) is 0 Å². The molecule has 0 aliphatic carbocycles. The van der Waals surface area contributed by atoms with Crippen molar-refractivity contribution in [2.75, 3.05) is 20.2 Å². The van der Waals surface area contributed by atoms with Crippen molar-refractivity contribution in [2.24, 2.45) is 4.99 Å². The molecule has 0 aromatic heterocycles. The van der Waals surface area contributed by atoms with Crippen LogP contribution in [0.2, 0.25) is 0 Å². The number of hydrogen-bond acceptors (Lipinski definition) is 6. The van der Waals surface area contributed by atoms with Crippen LogP contribution < -0.4 is 9.47 Å². The lowest BCUT2D eigenvalue weighted by atomic mass is 10.1. The number of aliphatic hydroxyl groups is 1. The van der Waals surface area contributed by atoms with E-state index in [2.05, 4.69) is 4.99 Å². The summed E-state index contributed by atoms with van der Waals surface area (Å²) in [4.78, 5) is 18.6. The number of thioether (sulfide) groups is 1. The molecule has 6 nitrogen and oxygen atoms in total. The molecule has 1 N–H and O–H groups in total. The Labute approximate surface area is 211 Å². The van der Waals surface area contributed by atoms with Crippen molar-refractivity contribution < 1.29 is 45.7 Å². The molecule has 2 aromatic rings. The van der Waals surface area contributed by atoms with Crippen LogP contribution in [0.5, 0.6) is 17.2 Å². The summed E-state index contributed by atoms with van der Waals surface area (Å²) in [6.07, 6.45) is -7.60. The van der Waals surface area contributed by atoms with E-state index in [-0.39, 0.29) is 17.6 Å². The maximum Gasteiger partial charge on any atom is 0.420 e. The molecule has 0 bridgehead atoms. The van der Waals surface area contributed by atoms with Gasteiger partial charge in [-0.25, -0.2) is 0 Å². The van der Waals surface area contributed by atoms with E-state index >= 15 is 0 Å². The number of benzene rings is 2. The fourth-order valence-corrected chi connectivity index (χ4v) is 4.75. The smallest absolute Gasteiger partial charge is 0.420 e. The predicted octanol–water partition coefficient (Wildman–Crippen LogP) is 5.95. The molecule has 2 aromatic carbocycles. The van der Waals surface area contributed by atoms with Gasteiger partial charge >= 0.3 is 12.4 Å². The van der Waals surface area contributed by atoms with Gasteiger partial charge in [-0.3, -0.25) is 4.79 Å². The lowest BCUT2D eigenvalue weighted by molar-refractivity contribution is -0.143. The molecule has 1 atom stereocenters. The number of methoxy groups -OCH3 is 1. The van der Waals surface area contributed by atoms with Crippen LogP contribution in [-0.2, 0) is 17.1 Å². The predicted molar refractivity (Wildman–Crippen MR) is 124 cm³/mol. The van der Waals surface area contributed by atoms with E-state index in [1.807, 2.05) is 4.90 Å². The van der Waals surface area contributed by atoms with E-state index in [1.54, 1.807) is 0 Å². The minimum atomic E-state index is -5.10. The van der Waals surface area contributed by atoms with E-state index in [4.69, 9.17) is 9.47 Å². The molecular formula is C24H20F6N2O4S. The number of rotatable bonds is 4. The largest absolute Gasteiger partial charge is 0.493 e. The van der Waals surface area contributed by atoms with Gasteiger partial charge in [0.25, 0.3) is 5.91 Å². The second-order valence-electron chi connectivity index (χ2n) is 8.27. The number of aliphatic hydroxyl groups excluding tert-OH is 1. The molecule has 2 aliphatic heterocycles. The number of alkyl halides is 6. The summed E-state index contributed by atoms with van der Waals surface area (Å²) in [5.41, 5.74) is -2.59. The average molecular weight is 546 g/mol. The Morgan fingerprint density at radius 3 is 2.43 bits per heavy atom. The Morgan fingerprint density at radius 1 is 1.05 bits per heavy atom. The number of piperidine rings is 1. The first-order valence-corrected chi connectivity index (χ1v) is 11.8. The zero-order valence-electron chi connectivity index (χ0n) is 19.2. The fraction of sp³-hybridized carbons (Fsp3) is 0.333. The molecule has 1 fully saturated rings. The van der Waals surface area contributed by atoms with Gasteiger partial charge in [-0.15, -0.1) is 0 Å². The van der Waals surface area contributed by atoms with E-state index in [0.717, 1.165) is 18.2 Å². The normalized spacial score (nSPS) is 19.8. The van der Waals surface area contributed by atoms with Crippen LogP contribution in [-0.4, -0.2) is 47.4 Å². The molecule has 1 unspecified atom stereocenters. The highest BCUT2D eigenvalue weighted by Gasteiger charge is 2.39. The molecule has 13 heteroatoms. The summed E-state index contributed by atoms with van der Waals surface area (Å²) < 4.78 is 89.7. The maximum absolute atomic E-state index is 13.5. The summed E-state index contributed by atoms with van der Waals surface area (Å²) in [5.74, 6) is -1.47. The molecule has 2 heterocycles. The van der Waals surface area contributed by atoms with E-state index in [0.29, 0.717) is 47.3 Å². The van der Waals surface area contributed by atoms with E-state index < -0.39 is 41.2 Å². The molecule has 1 saturated heterocycles. The first-order chi connectivity index (χ1) is 17.3. The highest BCUT2D eigenvalue weighted by Crippen LogP contribution is 2.43. The van der Waals surface area contributed by atoms with Crippen LogP contribution in [0.1, 0.15) is 29.5 Å². The van der Waals surface area contributed by atoms with E-state index in [9.17, 15) is 36.2 Å². The molecule has 1 amide bonds. The van der Waals surface area contributed by atoms with Crippen molar-refractivity contribution in [3.63, 3.8) is 0 Å². The van der Waals surface area contributed by atoms with Crippen LogP contribution in [0.25, 0.3) is 6.08 Å². The third-order valence-electron chi connectivity index (χ3n) is 5.59. The van der Waals surface area contributed by atoms with Crippen LogP contribution in [0.4, 0.5) is 26.3 Å². The van der Waals surface area contributed by atoms with Gasteiger partial charge in [-0.05, 0) is 66.6 Å². The Hall–Kier alpha value is -3.19. The average Bonchev–Trinajstić information content (AvgIpc) is 3.19. The molecule has 198 valence electrons. The Bertz CT molecular complexity index is 1260. The zero-order chi connectivity index (χ0) is 27.0. The fourth-order valence-electron chi connectivity index (χ4n) is 3.81. The van der Waals surface area contributed by atoms with Crippen molar-refractivity contribution >= 4 is 28.9 Å². The summed E-state index contributed by atoms with van der Waals surface area (Å²) in [7, 11) is 1.24. The number of nitrogens with zero attached hydrogens (tertiary/aromatic N) is 2. The van der Waals surface area contributed by atoms with Gasteiger partial charge in [-0.2, -0.15) is 31.3 Å². The van der Waals surface area contributed by atoms with Gasteiger partial charge < -0.3 is 19.5 Å². The molecule has 2 aliphatic rings. The molecule has 37 heavy (non-hydrogen) atoms. The van der Waals surface area contributed by atoms with Crippen molar-refractivity contribution in [3.8, 4) is 17.2 Å². The Kier molecular flexibility index (Phi) is 7.47. The lowest BCUT2D eigenvalue weighted by Gasteiger charge is -2.30. The zero-order valence-corrected chi connectivity index (χ0v) is 20.0. The van der Waals surface area contributed by atoms with Crippen molar-refractivity contribution in [1.29, 1.82) is 0 Å². The van der Waals surface area contributed by atoms with Crippen LogP contribution in [0.3, 0.4) is 0 Å². The first-order valence-electron chi connectivity index (χ1n) is 10.9. The van der Waals surface area contributed by atoms with Gasteiger partial charge in [0.2, 0.25) is 0 Å². The quantitative estimate of drug-likeness (QED) is 0.378. The number of carbonyl (C=O) groups excluding carboxylic acids is 1. The topological polar surface area (TPSA) is 71.4 Å². The Morgan fingerprint density at radius 2 is 1.78 bits per heavy atom. The number of halogens is 6. The van der Waals surface area contributed by atoms with Crippen LogP contribution in [0.15, 0.2) is 46.3 Å². The number of likely N-dealkylation sites (tertiary alicyclic amines) is 1. The third kappa shape index (κ3) is 6.21. The SMILES string of the molecule is COc1cc(/C=C2\SC(N3CCCC(O)C3)=NC2=O)ccc1Oc1ccc(C(F)(F)F)cc1C(F)(F)F. The first kappa shape index (κ1) is 26.9. The molecule has 0 spiro atoms. The highest BCUT2D eigenvalue weighted by atomic mass is 32.2. The number of aliphatic imine (C=N–C) groups is 1. The number of ether oxygens (including phenoxy) is 2. The van der Waals surface area contributed by atoms with Gasteiger partial charge in [0.15, 0.2) is 16.7 Å². The summed E-state index contributed by atoms with van der Waals surface area (Å²) in [5, 5.41) is 10.3. The van der Waals surface area contributed by atoms with Gasteiger partial charge in [0.1, 0.15) is 5.75 Å². The lowest BCUT2D eigenvalue weighted by Crippen LogP contribution is -2.40.